The summed E-state index contributed by atoms with van der Waals surface area (Å²) < 4.78 is 2.38. The monoisotopic (exact) mass is 784 g/mol. The fourth-order valence-electron chi connectivity index (χ4n) is 9.57. The molecule has 1 aliphatic heterocycles. The molecule has 4 heteroatoms. The van der Waals surface area contributed by atoms with Gasteiger partial charge in [0, 0.05) is 38.7 Å². The summed E-state index contributed by atoms with van der Waals surface area (Å²) in [6.07, 6.45) is 0. The van der Waals surface area contributed by atoms with Gasteiger partial charge in [-0.05, 0) is 92.7 Å². The van der Waals surface area contributed by atoms with Crippen LogP contribution in [0.15, 0.2) is 211 Å². The lowest BCUT2D eigenvalue weighted by Gasteiger charge is -2.42. The van der Waals surface area contributed by atoms with Crippen molar-refractivity contribution in [2.75, 3.05) is 10.6 Å². The van der Waals surface area contributed by atoms with Gasteiger partial charge in [-0.15, -0.1) is 0 Å². The van der Waals surface area contributed by atoms with Gasteiger partial charge in [-0.3, -0.25) is 4.99 Å². The number of para-hydroxylation sites is 3. The molecular weight excluding hydrogens is 741 g/mol. The van der Waals surface area contributed by atoms with Crippen molar-refractivity contribution in [3.05, 3.63) is 229 Å². The van der Waals surface area contributed by atoms with Crippen molar-refractivity contribution in [1.29, 1.82) is 0 Å². The first-order chi connectivity index (χ1) is 29.9. The summed E-state index contributed by atoms with van der Waals surface area (Å²) in [5, 5.41) is 4.91. The Labute approximate surface area is 356 Å². The van der Waals surface area contributed by atoms with E-state index >= 15 is 0 Å². The molecule has 0 aliphatic carbocycles. The molecule has 0 atom stereocenters. The molecule has 0 saturated carbocycles. The molecule has 2 heterocycles. The van der Waals surface area contributed by atoms with E-state index in [-0.39, 0.29) is 5.41 Å². The molecule has 1 aliphatic rings. The highest BCUT2D eigenvalue weighted by Crippen LogP contribution is 2.52. The van der Waals surface area contributed by atoms with Gasteiger partial charge in [-0.2, -0.15) is 0 Å². The largest absolute Gasteiger partial charge is 0.398 e. The maximum atomic E-state index is 6.70. The third-order valence-electron chi connectivity index (χ3n) is 12.7. The van der Waals surface area contributed by atoms with Crippen molar-refractivity contribution < 1.29 is 0 Å². The Kier molecular flexibility index (Phi) is 8.68. The van der Waals surface area contributed by atoms with Crippen LogP contribution in [-0.4, -0.2) is 10.3 Å². The van der Waals surface area contributed by atoms with Crippen molar-refractivity contribution in [3.8, 4) is 22.3 Å². The number of nitrogens with two attached hydrogens (primary N) is 1. The quantitative estimate of drug-likeness (QED) is 0.129. The van der Waals surface area contributed by atoms with E-state index in [2.05, 4.69) is 205 Å². The van der Waals surface area contributed by atoms with E-state index < -0.39 is 0 Å². The van der Waals surface area contributed by atoms with Crippen LogP contribution in [-0.2, 0) is 12.1 Å². The number of aliphatic imine (C=N–C) groups is 1. The minimum absolute atomic E-state index is 0.213. The van der Waals surface area contributed by atoms with E-state index in [1.807, 2.05) is 24.3 Å². The summed E-state index contributed by atoms with van der Waals surface area (Å²) in [5.74, 6) is 0. The van der Waals surface area contributed by atoms with Gasteiger partial charge in [0.15, 0.2) is 0 Å². The summed E-state index contributed by atoms with van der Waals surface area (Å²) >= 11 is 0. The van der Waals surface area contributed by atoms with Crippen LogP contribution in [0, 0.1) is 0 Å². The Morgan fingerprint density at radius 2 is 1.15 bits per heavy atom. The van der Waals surface area contributed by atoms with Crippen molar-refractivity contribution in [2.24, 2.45) is 4.99 Å². The average Bonchev–Trinajstić information content (AvgIpc) is 3.63. The number of aromatic nitrogens is 1. The molecule has 0 unspecified atom stereocenters. The molecule has 10 aromatic rings. The zero-order valence-electron chi connectivity index (χ0n) is 34.3. The molecule has 0 fully saturated rings. The molecular formula is C57H44N4. The topological polar surface area (TPSA) is 46.5 Å². The Morgan fingerprint density at radius 1 is 0.508 bits per heavy atom. The van der Waals surface area contributed by atoms with E-state index in [1.54, 1.807) is 0 Å². The van der Waals surface area contributed by atoms with Gasteiger partial charge in [0.05, 0.1) is 28.1 Å². The highest BCUT2D eigenvalue weighted by atomic mass is 15.2. The average molecular weight is 785 g/mol. The van der Waals surface area contributed by atoms with Crippen LogP contribution in [0.4, 0.5) is 22.7 Å². The standard InChI is InChI=1S/C57H44N4/c1-57(2)48-22-12-14-24-51(48)61(44-18-7-4-8-19-44)52-33-31-42(35-49(52)57)43-29-32-47-54(36-43)60(53-34-30-40-17-9-10-20-45(40)55(47)53)37-59-56(46-21-11-13-23-50(46)58)41-27-25-39(26-28-41)38-15-5-3-6-16-38/h3-36H,37,58H2,1-2H3/b59-56-. The summed E-state index contributed by atoms with van der Waals surface area (Å²) in [6.45, 7) is 5.12. The van der Waals surface area contributed by atoms with E-state index in [0.717, 1.165) is 44.7 Å². The zero-order valence-corrected chi connectivity index (χ0v) is 34.3. The van der Waals surface area contributed by atoms with Gasteiger partial charge in [-0.25, -0.2) is 0 Å². The molecule has 292 valence electrons. The van der Waals surface area contributed by atoms with E-state index in [4.69, 9.17) is 10.7 Å². The normalized spacial score (nSPS) is 13.4. The zero-order chi connectivity index (χ0) is 41.1. The molecule has 2 N–H and O–H groups in total. The van der Waals surface area contributed by atoms with Gasteiger partial charge in [-0.1, -0.05) is 172 Å². The SMILES string of the molecule is CC1(C)c2ccccc2N(c2ccccc2)c2ccc(-c3ccc4c5c6ccccc6ccc5n(C/N=C(/c5ccc(-c6ccccc6)cc5)c5ccccc5N)c4c3)cc21. The van der Waals surface area contributed by atoms with Gasteiger partial charge in [0.25, 0.3) is 0 Å². The molecule has 0 bridgehead atoms. The number of benzene rings is 9. The first-order valence-corrected chi connectivity index (χ1v) is 21.0. The first kappa shape index (κ1) is 36.4. The summed E-state index contributed by atoms with van der Waals surface area (Å²) in [7, 11) is 0. The van der Waals surface area contributed by atoms with E-state index in [9.17, 15) is 0 Å². The Morgan fingerprint density at radius 3 is 1.97 bits per heavy atom. The second kappa shape index (κ2) is 14.5. The van der Waals surface area contributed by atoms with Gasteiger partial charge >= 0.3 is 0 Å². The van der Waals surface area contributed by atoms with Crippen LogP contribution in [0.5, 0.6) is 0 Å². The molecule has 61 heavy (non-hydrogen) atoms. The molecule has 0 saturated heterocycles. The maximum Gasteiger partial charge on any atom is 0.115 e. The molecule has 0 amide bonds. The predicted molar refractivity (Wildman–Crippen MR) is 258 cm³/mol. The third-order valence-corrected chi connectivity index (χ3v) is 12.7. The fourth-order valence-corrected chi connectivity index (χ4v) is 9.57. The molecule has 0 radical (unpaired) electrons. The minimum atomic E-state index is -0.213. The van der Waals surface area contributed by atoms with Crippen molar-refractivity contribution >= 4 is 61.0 Å². The van der Waals surface area contributed by atoms with Crippen LogP contribution in [0.1, 0.15) is 36.1 Å². The first-order valence-electron chi connectivity index (χ1n) is 21.0. The van der Waals surface area contributed by atoms with Crippen molar-refractivity contribution in [3.63, 3.8) is 0 Å². The molecule has 11 rings (SSSR count). The number of anilines is 4. The third kappa shape index (κ3) is 6.10. The highest BCUT2D eigenvalue weighted by Gasteiger charge is 2.37. The number of fused-ring (bicyclic) bond motifs is 7. The maximum absolute atomic E-state index is 6.70. The molecule has 4 nitrogen and oxygen atoms in total. The summed E-state index contributed by atoms with van der Waals surface area (Å²) in [6, 6.07) is 73.9. The van der Waals surface area contributed by atoms with Crippen molar-refractivity contribution in [2.45, 2.75) is 25.9 Å². The lowest BCUT2D eigenvalue weighted by atomic mass is 9.73. The van der Waals surface area contributed by atoms with E-state index in [0.29, 0.717) is 12.4 Å². The van der Waals surface area contributed by atoms with Gasteiger partial charge in [0.1, 0.15) is 6.67 Å². The van der Waals surface area contributed by atoms with Gasteiger partial charge < -0.3 is 15.2 Å². The van der Waals surface area contributed by atoms with Crippen LogP contribution >= 0.6 is 0 Å². The fraction of sp³-hybridized carbons (Fsp3) is 0.0702. The summed E-state index contributed by atoms with van der Waals surface area (Å²) in [4.78, 5) is 7.89. The molecule has 1 aromatic heterocycles. The number of rotatable bonds is 7. The van der Waals surface area contributed by atoms with Crippen LogP contribution in [0.25, 0.3) is 54.8 Å². The number of hydrogen-bond acceptors (Lipinski definition) is 3. The smallest absolute Gasteiger partial charge is 0.115 e. The van der Waals surface area contributed by atoms with E-state index in [1.165, 1.54) is 55.2 Å². The van der Waals surface area contributed by atoms with Gasteiger partial charge in [0.2, 0.25) is 0 Å². The lowest BCUT2D eigenvalue weighted by molar-refractivity contribution is 0.632. The van der Waals surface area contributed by atoms with Crippen LogP contribution in [0.2, 0.25) is 0 Å². The Bertz CT molecular complexity index is 3300. The second-order valence-electron chi connectivity index (χ2n) is 16.6. The predicted octanol–water partition coefficient (Wildman–Crippen LogP) is 14.5. The number of nitrogen functional groups attached to an aromatic ring is 1. The lowest BCUT2D eigenvalue weighted by Crippen LogP contribution is -2.30. The van der Waals surface area contributed by atoms with Crippen molar-refractivity contribution in [1.82, 2.24) is 4.57 Å². The Balaban J connectivity index is 1.08. The summed E-state index contributed by atoms with van der Waals surface area (Å²) in [5.41, 5.74) is 23.2. The molecule has 9 aromatic carbocycles. The van der Waals surface area contributed by atoms with Crippen LogP contribution < -0.4 is 10.6 Å². The second-order valence-corrected chi connectivity index (χ2v) is 16.6. The Hall–Kier alpha value is -7.69. The minimum Gasteiger partial charge on any atom is -0.398 e. The highest BCUT2D eigenvalue weighted by molar-refractivity contribution is 6.21. The van der Waals surface area contributed by atoms with Crippen LogP contribution in [0.3, 0.4) is 0 Å². The molecule has 0 spiro atoms. The number of nitrogens with zero attached hydrogens (tertiary/aromatic N) is 3. The number of hydrogen-bond donors (Lipinski definition) is 1.